The third-order valence-corrected chi connectivity index (χ3v) is 7.51. The van der Waals surface area contributed by atoms with Gasteiger partial charge in [0.05, 0.1) is 18.9 Å². The van der Waals surface area contributed by atoms with Crippen molar-refractivity contribution in [3.8, 4) is 11.5 Å². The number of hydrogen-bond acceptors (Lipinski definition) is 8. The maximum Gasteiger partial charge on any atom is 0.251 e. The number of aliphatic hydroxyl groups is 1. The Bertz CT molecular complexity index is 1630. The molecular weight excluding hydrogens is 602 g/mol. The van der Waals surface area contributed by atoms with Gasteiger partial charge < -0.3 is 35.7 Å². The first kappa shape index (κ1) is 34.5. The molecule has 3 aromatic carbocycles. The van der Waals surface area contributed by atoms with Gasteiger partial charge in [0.1, 0.15) is 23.6 Å². The molecule has 246 valence electrons. The van der Waals surface area contributed by atoms with Crippen LogP contribution in [0.25, 0.3) is 0 Å². The second-order valence-corrected chi connectivity index (χ2v) is 11.7. The molecule has 3 amide bonds. The molecule has 0 radical (unpaired) electrons. The Morgan fingerprint density at radius 2 is 1.15 bits per heavy atom. The van der Waals surface area contributed by atoms with Gasteiger partial charge in [0, 0.05) is 18.4 Å². The first-order chi connectivity index (χ1) is 22.5. The minimum absolute atomic E-state index is 0.0176. The van der Waals surface area contributed by atoms with Crippen LogP contribution in [0.3, 0.4) is 0 Å². The van der Waals surface area contributed by atoms with Crippen LogP contribution in [0.4, 0.5) is 0 Å². The molecule has 3 unspecified atom stereocenters. The summed E-state index contributed by atoms with van der Waals surface area (Å²) in [5, 5.41) is 37.2. The van der Waals surface area contributed by atoms with Crippen molar-refractivity contribution >= 4 is 23.5 Å². The topological polar surface area (TPSA) is 178 Å². The highest BCUT2D eigenvalue weighted by molar-refractivity contribution is 6.01. The summed E-state index contributed by atoms with van der Waals surface area (Å²) in [7, 11) is 0. The number of phenols is 2. The van der Waals surface area contributed by atoms with Crippen molar-refractivity contribution < 1.29 is 38.9 Å². The number of phenolic OH excluding ortho intramolecular Hbond substituents is 2. The lowest BCUT2D eigenvalue weighted by atomic mass is 9.97. The van der Waals surface area contributed by atoms with Crippen LogP contribution in [-0.4, -0.2) is 56.9 Å². The van der Waals surface area contributed by atoms with E-state index < -0.39 is 41.6 Å². The van der Waals surface area contributed by atoms with Gasteiger partial charge in [0.25, 0.3) is 5.91 Å². The highest BCUT2D eigenvalue weighted by Crippen LogP contribution is 2.16. The summed E-state index contributed by atoms with van der Waals surface area (Å²) in [4.78, 5) is 54.2. The molecule has 0 bridgehead atoms. The number of aliphatic hydroxyl groups excluding tert-OH is 1. The lowest BCUT2D eigenvalue weighted by Crippen LogP contribution is -2.57. The molecule has 1 heterocycles. The molecule has 0 saturated carbocycles. The number of furan rings is 1. The van der Waals surface area contributed by atoms with Gasteiger partial charge in [0.2, 0.25) is 17.6 Å². The monoisotopic (exact) mass is 641 g/mol. The van der Waals surface area contributed by atoms with Gasteiger partial charge in [0.15, 0.2) is 5.76 Å². The summed E-state index contributed by atoms with van der Waals surface area (Å²) in [6, 6.07) is 18.4. The Hall–Kier alpha value is -5.42. The zero-order valence-corrected chi connectivity index (χ0v) is 26.2. The van der Waals surface area contributed by atoms with Crippen LogP contribution < -0.4 is 16.0 Å². The fraction of sp³-hybridized carbons (Fsp3) is 0.278. The maximum absolute atomic E-state index is 13.9. The van der Waals surface area contributed by atoms with E-state index in [0.29, 0.717) is 23.1 Å². The van der Waals surface area contributed by atoms with Crippen molar-refractivity contribution in [3.05, 3.63) is 119 Å². The van der Waals surface area contributed by atoms with Crippen LogP contribution in [0.5, 0.6) is 11.5 Å². The summed E-state index contributed by atoms with van der Waals surface area (Å²) < 4.78 is 5.29. The third-order valence-electron chi connectivity index (χ3n) is 7.51. The summed E-state index contributed by atoms with van der Waals surface area (Å²) in [6.07, 6.45) is 1.75. The standard InChI is InChI=1S/C36H39N3O8/c1-22(2)18-29(33(43)32-4-3-17-47-32)37-35(45)31(20-24-9-15-28(42)16-10-24)39-36(46)30(19-23-7-13-27(41)14-8-23)38-34(44)26-11-5-25(21-40)6-12-26/h3-17,22,29-31,40-42H,18-21H2,1-2H3,(H,37,45)(H,38,44)(H,39,46). The number of carbonyl (C=O) groups is 4. The Kier molecular flexibility index (Phi) is 11.9. The SMILES string of the molecule is CC(C)CC(NC(=O)C(Cc1ccc(O)cc1)NC(=O)C(Cc1ccc(O)cc1)NC(=O)c1ccc(CO)cc1)C(=O)c1ccco1. The largest absolute Gasteiger partial charge is 0.508 e. The van der Waals surface area contributed by atoms with Crippen molar-refractivity contribution in [3.63, 3.8) is 0 Å². The molecular formula is C36H39N3O8. The third kappa shape index (κ3) is 10.0. The lowest BCUT2D eigenvalue weighted by molar-refractivity contribution is -0.130. The van der Waals surface area contributed by atoms with Crippen LogP contribution in [0.15, 0.2) is 95.6 Å². The lowest BCUT2D eigenvalue weighted by Gasteiger charge is -2.26. The summed E-state index contributed by atoms with van der Waals surface area (Å²) >= 11 is 0. The average molecular weight is 642 g/mol. The van der Waals surface area contributed by atoms with Gasteiger partial charge in [-0.15, -0.1) is 0 Å². The molecule has 6 N–H and O–H groups in total. The first-order valence-electron chi connectivity index (χ1n) is 15.3. The van der Waals surface area contributed by atoms with E-state index in [1.807, 2.05) is 13.8 Å². The van der Waals surface area contributed by atoms with E-state index in [0.717, 1.165) is 0 Å². The number of rotatable bonds is 15. The predicted octanol–water partition coefficient (Wildman–Crippen LogP) is 3.67. The molecule has 0 fully saturated rings. The second kappa shape index (κ2) is 16.2. The van der Waals surface area contributed by atoms with Crippen LogP contribution >= 0.6 is 0 Å². The van der Waals surface area contributed by atoms with Crippen LogP contribution in [0.1, 0.15) is 57.9 Å². The van der Waals surface area contributed by atoms with Crippen molar-refractivity contribution in [2.75, 3.05) is 0 Å². The average Bonchev–Trinajstić information content (AvgIpc) is 3.60. The molecule has 0 aliphatic rings. The Morgan fingerprint density at radius 3 is 1.62 bits per heavy atom. The van der Waals surface area contributed by atoms with E-state index in [-0.39, 0.29) is 48.2 Å². The zero-order chi connectivity index (χ0) is 33.9. The highest BCUT2D eigenvalue weighted by Gasteiger charge is 2.31. The van der Waals surface area contributed by atoms with Crippen LogP contribution in [0, 0.1) is 5.92 Å². The fourth-order valence-corrected chi connectivity index (χ4v) is 5.00. The van der Waals surface area contributed by atoms with Crippen molar-refractivity contribution in [1.82, 2.24) is 16.0 Å². The normalized spacial score (nSPS) is 12.9. The van der Waals surface area contributed by atoms with Gasteiger partial charge in [-0.25, -0.2) is 0 Å². The quantitative estimate of drug-likeness (QED) is 0.107. The van der Waals surface area contributed by atoms with Crippen LogP contribution in [0.2, 0.25) is 0 Å². The number of nitrogens with one attached hydrogen (secondary N) is 3. The summed E-state index contributed by atoms with van der Waals surface area (Å²) in [6.45, 7) is 3.64. The van der Waals surface area contributed by atoms with E-state index in [4.69, 9.17) is 4.42 Å². The number of amides is 3. The molecule has 0 spiro atoms. The maximum atomic E-state index is 13.9. The fourth-order valence-electron chi connectivity index (χ4n) is 5.00. The number of aromatic hydroxyl groups is 2. The number of hydrogen-bond donors (Lipinski definition) is 6. The Balaban J connectivity index is 1.61. The van der Waals surface area contributed by atoms with E-state index in [1.54, 1.807) is 42.5 Å². The van der Waals surface area contributed by atoms with E-state index in [1.165, 1.54) is 48.7 Å². The Labute approximate surface area is 272 Å². The van der Waals surface area contributed by atoms with E-state index in [2.05, 4.69) is 16.0 Å². The van der Waals surface area contributed by atoms with E-state index >= 15 is 0 Å². The predicted molar refractivity (Wildman–Crippen MR) is 174 cm³/mol. The number of benzene rings is 3. The van der Waals surface area contributed by atoms with Crippen molar-refractivity contribution in [2.45, 2.75) is 57.8 Å². The summed E-state index contributed by atoms with van der Waals surface area (Å²) in [5.74, 6) is -2.02. The molecule has 11 heteroatoms. The van der Waals surface area contributed by atoms with Gasteiger partial charge in [-0.1, -0.05) is 50.2 Å². The number of ketones is 1. The smallest absolute Gasteiger partial charge is 0.251 e. The molecule has 3 atom stereocenters. The molecule has 0 saturated heterocycles. The summed E-state index contributed by atoms with van der Waals surface area (Å²) in [5.41, 5.74) is 2.14. The molecule has 1 aromatic heterocycles. The van der Waals surface area contributed by atoms with Gasteiger partial charge in [-0.2, -0.15) is 0 Å². The van der Waals surface area contributed by atoms with E-state index in [9.17, 15) is 34.5 Å². The molecule has 4 rings (SSSR count). The minimum atomic E-state index is -1.17. The second-order valence-electron chi connectivity index (χ2n) is 11.7. The number of carbonyl (C=O) groups excluding carboxylic acids is 4. The molecule has 11 nitrogen and oxygen atoms in total. The minimum Gasteiger partial charge on any atom is -0.508 e. The molecule has 4 aromatic rings. The molecule has 0 aliphatic heterocycles. The van der Waals surface area contributed by atoms with Gasteiger partial charge >= 0.3 is 0 Å². The zero-order valence-electron chi connectivity index (χ0n) is 26.2. The molecule has 0 aliphatic carbocycles. The van der Waals surface area contributed by atoms with Crippen LogP contribution in [-0.2, 0) is 29.0 Å². The van der Waals surface area contributed by atoms with Gasteiger partial charge in [-0.05, 0) is 77.6 Å². The number of Topliss-reactive ketones (excluding diaryl/α,β-unsaturated/α-hetero) is 1. The van der Waals surface area contributed by atoms with Crippen molar-refractivity contribution in [1.29, 1.82) is 0 Å². The first-order valence-corrected chi connectivity index (χ1v) is 15.3. The van der Waals surface area contributed by atoms with Crippen molar-refractivity contribution in [2.24, 2.45) is 5.92 Å². The molecule has 47 heavy (non-hydrogen) atoms. The Morgan fingerprint density at radius 1 is 0.660 bits per heavy atom. The highest BCUT2D eigenvalue weighted by atomic mass is 16.3. The van der Waals surface area contributed by atoms with Gasteiger partial charge in [-0.3, -0.25) is 19.2 Å².